The fourth-order valence-electron chi connectivity index (χ4n) is 3.46. The van der Waals surface area contributed by atoms with Gasteiger partial charge in [-0.2, -0.15) is 0 Å². The molecule has 0 bridgehead atoms. The summed E-state index contributed by atoms with van der Waals surface area (Å²) in [5.74, 6) is -2.88. The maximum absolute atomic E-state index is 13.0. The van der Waals surface area contributed by atoms with E-state index >= 15 is 0 Å². The molecule has 1 aromatic heterocycles. The molecule has 36 heavy (non-hydrogen) atoms. The molecule has 0 aliphatic rings. The predicted molar refractivity (Wildman–Crippen MR) is 131 cm³/mol. The van der Waals surface area contributed by atoms with Gasteiger partial charge in [-0.3, -0.25) is 14.4 Å². The predicted octanol–water partition coefficient (Wildman–Crippen LogP) is -0.167. The number of phenolic OH excluding ortho intramolecular Hbond substituents is 1. The van der Waals surface area contributed by atoms with Crippen LogP contribution >= 0.6 is 0 Å². The van der Waals surface area contributed by atoms with Gasteiger partial charge in [0.1, 0.15) is 23.9 Å². The number of benzene rings is 1. The number of imidazole rings is 1. The van der Waals surface area contributed by atoms with Crippen LogP contribution < -0.4 is 21.7 Å². The third-order valence-corrected chi connectivity index (χ3v) is 5.42. The maximum Gasteiger partial charge on any atom is 0.326 e. The first-order chi connectivity index (χ1) is 17.0. The number of nitrogens with zero attached hydrogens (tertiary/aromatic N) is 1. The van der Waals surface area contributed by atoms with Gasteiger partial charge in [-0.05, 0) is 37.0 Å². The lowest BCUT2D eigenvalue weighted by atomic mass is 10.0. The minimum absolute atomic E-state index is 0.0196. The number of H-pyrrole nitrogens is 1. The molecule has 12 nitrogen and oxygen atoms in total. The highest BCUT2D eigenvalue weighted by atomic mass is 16.4. The number of aromatic hydroxyl groups is 1. The molecule has 2 aromatic rings. The molecule has 0 saturated heterocycles. The number of aliphatic carboxylic acids is 1. The molecule has 0 radical (unpaired) electrons. The number of rotatable bonds is 13. The summed E-state index contributed by atoms with van der Waals surface area (Å²) >= 11 is 0. The van der Waals surface area contributed by atoms with E-state index in [4.69, 9.17) is 5.73 Å². The number of carboxylic acid groups (broad SMARTS) is 1. The van der Waals surface area contributed by atoms with E-state index < -0.39 is 47.9 Å². The number of hydrogen-bond acceptors (Lipinski definition) is 7. The summed E-state index contributed by atoms with van der Waals surface area (Å²) in [6.07, 6.45) is 3.44. The number of carbonyl (C=O) groups excluding carboxylic acids is 3. The number of phenols is 1. The van der Waals surface area contributed by atoms with Gasteiger partial charge in [0.15, 0.2) is 0 Å². The van der Waals surface area contributed by atoms with Gasteiger partial charge in [-0.1, -0.05) is 26.0 Å². The molecule has 0 spiro atoms. The van der Waals surface area contributed by atoms with Gasteiger partial charge in [0, 0.05) is 24.7 Å². The van der Waals surface area contributed by atoms with Crippen molar-refractivity contribution in [2.45, 2.75) is 64.2 Å². The maximum atomic E-state index is 13.0. The van der Waals surface area contributed by atoms with Gasteiger partial charge in [-0.15, -0.1) is 0 Å². The Bertz CT molecular complexity index is 1020. The van der Waals surface area contributed by atoms with E-state index in [1.54, 1.807) is 12.1 Å². The molecular weight excluding hydrogens is 468 g/mol. The largest absolute Gasteiger partial charge is 0.508 e. The van der Waals surface area contributed by atoms with Gasteiger partial charge >= 0.3 is 5.97 Å². The van der Waals surface area contributed by atoms with Crippen molar-refractivity contribution in [3.63, 3.8) is 0 Å². The van der Waals surface area contributed by atoms with E-state index in [-0.39, 0.29) is 24.5 Å². The smallest absolute Gasteiger partial charge is 0.326 e. The summed E-state index contributed by atoms with van der Waals surface area (Å²) in [6, 6.07) is 1.74. The van der Waals surface area contributed by atoms with Crippen LogP contribution in [0.25, 0.3) is 0 Å². The van der Waals surface area contributed by atoms with E-state index in [0.29, 0.717) is 17.7 Å². The third-order valence-electron chi connectivity index (χ3n) is 5.42. The minimum atomic E-state index is -1.25. The molecule has 3 amide bonds. The summed E-state index contributed by atoms with van der Waals surface area (Å²) in [5.41, 5.74) is 7.13. The fraction of sp³-hybridized carbons (Fsp3) is 0.458. The Morgan fingerprint density at radius 1 is 0.944 bits per heavy atom. The van der Waals surface area contributed by atoms with Gasteiger partial charge < -0.3 is 36.9 Å². The standard InChI is InChI=1S/C24H34N6O6/c1-13(2)8-18(25)22(33)29-19(10-16-11-26-12-27-16)23(34)28-14(3)21(32)30-20(24(35)36)9-15-4-6-17(31)7-5-15/h4-7,11-14,18-20,31H,8-10,25H2,1-3H3,(H,26,27)(H,28,34)(H,29,33)(H,30,32)(H,35,36). The summed E-state index contributed by atoms with van der Waals surface area (Å²) in [5, 5.41) is 26.5. The van der Waals surface area contributed by atoms with Crippen molar-refractivity contribution in [1.29, 1.82) is 0 Å². The average molecular weight is 503 g/mol. The normalized spacial score (nSPS) is 14.4. The Morgan fingerprint density at radius 3 is 2.14 bits per heavy atom. The first kappa shape index (κ1) is 28.3. The lowest BCUT2D eigenvalue weighted by Crippen LogP contribution is -2.57. The molecule has 12 heteroatoms. The SMILES string of the molecule is CC(C)CC(N)C(=O)NC(Cc1cnc[nH]1)C(=O)NC(C)C(=O)NC(Cc1ccc(O)cc1)C(=O)O. The molecule has 1 heterocycles. The average Bonchev–Trinajstić information content (AvgIpc) is 3.32. The van der Waals surface area contributed by atoms with Crippen LogP contribution in [0.15, 0.2) is 36.8 Å². The summed E-state index contributed by atoms with van der Waals surface area (Å²) in [6.45, 7) is 5.26. The second-order valence-electron chi connectivity index (χ2n) is 9.08. The van der Waals surface area contributed by atoms with Crippen molar-refractivity contribution in [1.82, 2.24) is 25.9 Å². The van der Waals surface area contributed by atoms with E-state index in [9.17, 15) is 29.4 Å². The summed E-state index contributed by atoms with van der Waals surface area (Å²) in [4.78, 5) is 56.7. The number of aromatic nitrogens is 2. The van der Waals surface area contributed by atoms with E-state index in [1.807, 2.05) is 13.8 Å². The highest BCUT2D eigenvalue weighted by molar-refractivity contribution is 5.94. The Balaban J connectivity index is 2.04. The van der Waals surface area contributed by atoms with Crippen LogP contribution in [-0.4, -0.2) is 68.0 Å². The number of hydrogen-bond donors (Lipinski definition) is 7. The van der Waals surface area contributed by atoms with Crippen molar-refractivity contribution in [3.8, 4) is 5.75 Å². The lowest BCUT2D eigenvalue weighted by Gasteiger charge is -2.23. The molecule has 1 aromatic carbocycles. The van der Waals surface area contributed by atoms with Crippen LogP contribution in [0, 0.1) is 5.92 Å². The highest BCUT2D eigenvalue weighted by Crippen LogP contribution is 2.12. The van der Waals surface area contributed by atoms with E-state index in [1.165, 1.54) is 31.6 Å². The van der Waals surface area contributed by atoms with Crippen LogP contribution in [0.4, 0.5) is 0 Å². The van der Waals surface area contributed by atoms with Crippen LogP contribution in [0.1, 0.15) is 38.4 Å². The zero-order valence-corrected chi connectivity index (χ0v) is 20.5. The topological polar surface area (TPSA) is 200 Å². The first-order valence-electron chi connectivity index (χ1n) is 11.6. The summed E-state index contributed by atoms with van der Waals surface area (Å²) in [7, 11) is 0. The molecule has 4 atom stereocenters. The number of aromatic amines is 1. The second-order valence-corrected chi connectivity index (χ2v) is 9.08. The van der Waals surface area contributed by atoms with Crippen molar-refractivity contribution in [2.75, 3.05) is 0 Å². The Hall–Kier alpha value is -3.93. The Kier molecular flexibility index (Phi) is 10.4. The lowest BCUT2D eigenvalue weighted by molar-refractivity contribution is -0.142. The molecule has 2 rings (SSSR count). The number of nitrogens with one attached hydrogen (secondary N) is 4. The quantitative estimate of drug-likeness (QED) is 0.196. The fourth-order valence-corrected chi connectivity index (χ4v) is 3.46. The van der Waals surface area contributed by atoms with Crippen LogP contribution in [0.3, 0.4) is 0 Å². The van der Waals surface area contributed by atoms with Crippen LogP contribution in [0.5, 0.6) is 5.75 Å². The highest BCUT2D eigenvalue weighted by Gasteiger charge is 2.29. The van der Waals surface area contributed by atoms with Crippen molar-refractivity contribution in [3.05, 3.63) is 48.0 Å². The Morgan fingerprint density at radius 2 is 1.58 bits per heavy atom. The molecule has 0 aliphatic carbocycles. The number of nitrogens with two attached hydrogens (primary N) is 1. The van der Waals surface area contributed by atoms with Crippen molar-refractivity contribution >= 4 is 23.7 Å². The molecule has 196 valence electrons. The van der Waals surface area contributed by atoms with E-state index in [0.717, 1.165) is 0 Å². The molecule has 0 saturated carbocycles. The first-order valence-corrected chi connectivity index (χ1v) is 11.6. The van der Waals surface area contributed by atoms with Gasteiger partial charge in [-0.25, -0.2) is 9.78 Å². The Labute approximate surface area is 209 Å². The van der Waals surface area contributed by atoms with Crippen molar-refractivity contribution < 1.29 is 29.4 Å². The molecule has 0 aliphatic heterocycles. The molecule has 8 N–H and O–H groups in total. The molecular formula is C24H34N6O6. The monoisotopic (exact) mass is 502 g/mol. The zero-order valence-electron chi connectivity index (χ0n) is 20.5. The van der Waals surface area contributed by atoms with E-state index in [2.05, 4.69) is 25.9 Å². The second kappa shape index (κ2) is 13.2. The van der Waals surface area contributed by atoms with Gasteiger partial charge in [0.25, 0.3) is 0 Å². The van der Waals surface area contributed by atoms with Crippen LogP contribution in [0.2, 0.25) is 0 Å². The van der Waals surface area contributed by atoms with Crippen molar-refractivity contribution in [2.24, 2.45) is 11.7 Å². The number of amides is 3. The minimum Gasteiger partial charge on any atom is -0.508 e. The number of carboxylic acids is 1. The zero-order chi connectivity index (χ0) is 26.8. The van der Waals surface area contributed by atoms with Gasteiger partial charge in [0.2, 0.25) is 17.7 Å². The number of carbonyl (C=O) groups is 4. The molecule has 4 unspecified atom stereocenters. The summed E-state index contributed by atoms with van der Waals surface area (Å²) < 4.78 is 0. The van der Waals surface area contributed by atoms with Gasteiger partial charge in [0.05, 0.1) is 12.4 Å². The third kappa shape index (κ3) is 9.02. The molecule has 0 fully saturated rings. The van der Waals surface area contributed by atoms with Crippen LogP contribution in [-0.2, 0) is 32.0 Å².